The molecular formula is C14H16BrN3O. The molecule has 100 valence electrons. The second-order valence-electron chi connectivity index (χ2n) is 5.12. The van der Waals surface area contributed by atoms with Gasteiger partial charge < -0.3 is 16.0 Å². The fourth-order valence-corrected chi connectivity index (χ4v) is 3.27. The van der Waals surface area contributed by atoms with E-state index in [4.69, 9.17) is 5.73 Å². The third kappa shape index (κ3) is 2.17. The summed E-state index contributed by atoms with van der Waals surface area (Å²) >= 11 is 3.60. The lowest BCUT2D eigenvalue weighted by molar-refractivity contribution is -0.116. The van der Waals surface area contributed by atoms with Gasteiger partial charge in [-0.05, 0) is 41.4 Å². The van der Waals surface area contributed by atoms with Crippen molar-refractivity contribution in [2.45, 2.75) is 19.4 Å². The van der Waals surface area contributed by atoms with Crippen LogP contribution in [0.15, 0.2) is 28.3 Å². The Hall–Kier alpha value is -1.33. The van der Waals surface area contributed by atoms with E-state index in [1.165, 1.54) is 5.57 Å². The summed E-state index contributed by atoms with van der Waals surface area (Å²) in [6.07, 6.45) is 3.33. The van der Waals surface area contributed by atoms with E-state index in [1.54, 1.807) is 0 Å². The highest BCUT2D eigenvalue weighted by atomic mass is 79.9. The average Bonchev–Trinajstić information content (AvgIpc) is 2.65. The van der Waals surface area contributed by atoms with Crippen molar-refractivity contribution in [3.8, 4) is 0 Å². The van der Waals surface area contributed by atoms with E-state index < -0.39 is 6.04 Å². The second kappa shape index (κ2) is 4.65. The molecule has 2 aliphatic heterocycles. The van der Waals surface area contributed by atoms with Crippen molar-refractivity contribution in [3.63, 3.8) is 0 Å². The van der Waals surface area contributed by atoms with Gasteiger partial charge in [-0.15, -0.1) is 0 Å². The number of rotatable bonds is 1. The minimum absolute atomic E-state index is 0.131. The van der Waals surface area contributed by atoms with Crippen LogP contribution in [-0.2, 0) is 4.79 Å². The van der Waals surface area contributed by atoms with Gasteiger partial charge in [-0.1, -0.05) is 11.6 Å². The smallest absolute Gasteiger partial charge is 0.245 e. The van der Waals surface area contributed by atoms with E-state index in [0.717, 1.165) is 40.9 Å². The van der Waals surface area contributed by atoms with Crippen molar-refractivity contribution < 1.29 is 4.79 Å². The number of halogens is 1. The summed E-state index contributed by atoms with van der Waals surface area (Å²) in [5.41, 5.74) is 10.0. The Morgan fingerprint density at radius 2 is 2.26 bits per heavy atom. The highest BCUT2D eigenvalue weighted by Crippen LogP contribution is 2.38. The predicted molar refractivity (Wildman–Crippen MR) is 80.3 cm³/mol. The first-order valence-corrected chi connectivity index (χ1v) is 7.16. The molecule has 0 spiro atoms. The number of amides is 1. The Balaban J connectivity index is 1.98. The van der Waals surface area contributed by atoms with Gasteiger partial charge in [0, 0.05) is 28.8 Å². The highest BCUT2D eigenvalue weighted by Gasteiger charge is 2.29. The molecular weight excluding hydrogens is 306 g/mol. The number of hydrogen-bond acceptors (Lipinski definition) is 3. The Bertz CT molecular complexity index is 582. The number of carbonyl (C=O) groups is 1. The minimum atomic E-state index is -0.552. The zero-order chi connectivity index (χ0) is 13.6. The van der Waals surface area contributed by atoms with Gasteiger partial charge >= 0.3 is 0 Å². The van der Waals surface area contributed by atoms with Gasteiger partial charge in [0.1, 0.15) is 6.04 Å². The lowest BCUT2D eigenvalue weighted by atomic mass is 10.1. The molecule has 3 rings (SSSR count). The van der Waals surface area contributed by atoms with Crippen molar-refractivity contribution in [2.24, 2.45) is 5.73 Å². The van der Waals surface area contributed by atoms with E-state index in [9.17, 15) is 4.79 Å². The molecule has 0 saturated heterocycles. The maximum absolute atomic E-state index is 11.6. The van der Waals surface area contributed by atoms with E-state index in [-0.39, 0.29) is 5.91 Å². The Morgan fingerprint density at radius 1 is 1.47 bits per heavy atom. The maximum atomic E-state index is 11.6. The lowest BCUT2D eigenvalue weighted by Crippen LogP contribution is -2.29. The molecule has 0 aliphatic carbocycles. The normalized spacial score (nSPS) is 22.1. The van der Waals surface area contributed by atoms with Crippen LogP contribution in [-0.4, -0.2) is 19.0 Å². The molecule has 0 radical (unpaired) electrons. The number of fused-ring (bicyclic) bond motifs is 1. The quantitative estimate of drug-likeness (QED) is 0.781. The molecule has 0 aromatic heterocycles. The van der Waals surface area contributed by atoms with Crippen LogP contribution in [0.25, 0.3) is 0 Å². The number of anilines is 2. The van der Waals surface area contributed by atoms with Crippen LogP contribution in [0.4, 0.5) is 11.4 Å². The highest BCUT2D eigenvalue weighted by molar-refractivity contribution is 9.10. The molecule has 1 aromatic carbocycles. The molecule has 4 nitrogen and oxygen atoms in total. The molecule has 1 unspecified atom stereocenters. The monoisotopic (exact) mass is 321 g/mol. The average molecular weight is 322 g/mol. The fourth-order valence-electron chi connectivity index (χ4n) is 2.65. The Morgan fingerprint density at radius 3 is 3.00 bits per heavy atom. The molecule has 19 heavy (non-hydrogen) atoms. The zero-order valence-corrected chi connectivity index (χ0v) is 12.3. The largest absolute Gasteiger partial charge is 0.366 e. The van der Waals surface area contributed by atoms with Crippen LogP contribution in [0.3, 0.4) is 0 Å². The van der Waals surface area contributed by atoms with Gasteiger partial charge in [-0.25, -0.2) is 0 Å². The first-order chi connectivity index (χ1) is 9.06. The molecule has 2 aliphatic rings. The van der Waals surface area contributed by atoms with E-state index in [0.29, 0.717) is 0 Å². The molecule has 2 heterocycles. The van der Waals surface area contributed by atoms with Crippen molar-refractivity contribution in [1.29, 1.82) is 0 Å². The molecule has 1 aromatic rings. The molecule has 5 heteroatoms. The third-order valence-electron chi connectivity index (χ3n) is 3.67. The number of nitrogens with two attached hydrogens (primary N) is 1. The molecule has 0 fully saturated rings. The first kappa shape index (κ1) is 12.7. The van der Waals surface area contributed by atoms with Crippen molar-refractivity contribution >= 4 is 33.2 Å². The van der Waals surface area contributed by atoms with Crippen LogP contribution in [0, 0.1) is 0 Å². The first-order valence-electron chi connectivity index (χ1n) is 6.37. The van der Waals surface area contributed by atoms with Crippen LogP contribution >= 0.6 is 15.9 Å². The summed E-state index contributed by atoms with van der Waals surface area (Å²) in [7, 11) is 0. The summed E-state index contributed by atoms with van der Waals surface area (Å²) in [6.45, 7) is 4.07. The Labute approximate surface area is 120 Å². The van der Waals surface area contributed by atoms with Gasteiger partial charge in [0.05, 0.1) is 5.69 Å². The topological polar surface area (TPSA) is 58.4 Å². The van der Waals surface area contributed by atoms with Crippen LogP contribution in [0.1, 0.15) is 24.9 Å². The molecule has 0 saturated carbocycles. The number of nitrogens with one attached hydrogen (secondary N) is 1. The van der Waals surface area contributed by atoms with Crippen molar-refractivity contribution in [2.75, 3.05) is 23.3 Å². The van der Waals surface area contributed by atoms with Gasteiger partial charge in [-0.2, -0.15) is 0 Å². The molecule has 1 atom stereocenters. The SMILES string of the molecule is CC1=CCCN(c2cc3c(cc2Br)C(N)C(=O)N3)C1. The zero-order valence-electron chi connectivity index (χ0n) is 10.7. The summed E-state index contributed by atoms with van der Waals surface area (Å²) in [5, 5.41) is 2.84. The fraction of sp³-hybridized carbons (Fsp3) is 0.357. The lowest BCUT2D eigenvalue weighted by Gasteiger charge is -2.29. The van der Waals surface area contributed by atoms with E-state index in [1.807, 2.05) is 12.1 Å². The van der Waals surface area contributed by atoms with Crippen molar-refractivity contribution in [1.82, 2.24) is 0 Å². The van der Waals surface area contributed by atoms with Crippen molar-refractivity contribution in [3.05, 3.63) is 33.8 Å². The number of benzene rings is 1. The summed E-state index contributed by atoms with van der Waals surface area (Å²) in [5.74, 6) is -0.131. The Kier molecular flexibility index (Phi) is 3.11. The van der Waals surface area contributed by atoms with Crippen LogP contribution < -0.4 is 16.0 Å². The third-order valence-corrected chi connectivity index (χ3v) is 4.30. The number of carbonyl (C=O) groups excluding carboxylic acids is 1. The molecule has 1 amide bonds. The predicted octanol–water partition coefficient (Wildman–Crippen LogP) is 2.56. The number of hydrogen-bond donors (Lipinski definition) is 2. The van der Waals surface area contributed by atoms with E-state index >= 15 is 0 Å². The standard InChI is InChI=1S/C14H16BrN3O/c1-8-3-2-4-18(7-8)12-6-11-9(5-10(12)15)13(16)14(19)17-11/h3,5-6,13H,2,4,7,16H2,1H3,(H,17,19). The summed E-state index contributed by atoms with van der Waals surface area (Å²) in [4.78, 5) is 13.9. The number of nitrogens with zero attached hydrogens (tertiary/aromatic N) is 1. The maximum Gasteiger partial charge on any atom is 0.245 e. The van der Waals surface area contributed by atoms with Gasteiger partial charge in [-0.3, -0.25) is 4.79 Å². The minimum Gasteiger partial charge on any atom is -0.366 e. The van der Waals surface area contributed by atoms with Gasteiger partial charge in [0.15, 0.2) is 0 Å². The molecule has 0 bridgehead atoms. The van der Waals surface area contributed by atoms with Gasteiger partial charge in [0.2, 0.25) is 5.91 Å². The van der Waals surface area contributed by atoms with Crippen LogP contribution in [0.2, 0.25) is 0 Å². The van der Waals surface area contributed by atoms with Gasteiger partial charge in [0.25, 0.3) is 0 Å². The van der Waals surface area contributed by atoms with Crippen LogP contribution in [0.5, 0.6) is 0 Å². The second-order valence-corrected chi connectivity index (χ2v) is 5.97. The van der Waals surface area contributed by atoms with E-state index in [2.05, 4.69) is 39.1 Å². The summed E-state index contributed by atoms with van der Waals surface area (Å²) < 4.78 is 0.993. The summed E-state index contributed by atoms with van der Waals surface area (Å²) in [6, 6.07) is 3.42. The molecule has 3 N–H and O–H groups in total.